The molecule has 2 N–H and O–H groups in total. The summed E-state index contributed by atoms with van der Waals surface area (Å²) in [6.07, 6.45) is 33.6. The normalized spacial score (nSPS) is 14.1. The van der Waals surface area contributed by atoms with Crippen LogP contribution in [0.1, 0.15) is 88.9 Å². The van der Waals surface area contributed by atoms with Gasteiger partial charge in [-0.1, -0.05) is 98.9 Å². The number of hydrogen-bond donors (Lipinski definition) is 2. The Morgan fingerprint density at radius 3 is 1.74 bits per heavy atom. The second kappa shape index (κ2) is 21.7. The molecule has 0 saturated carbocycles. The lowest BCUT2D eigenvalue weighted by atomic mass is 9.95. The van der Waals surface area contributed by atoms with E-state index >= 15 is 0 Å². The van der Waals surface area contributed by atoms with Gasteiger partial charge in [0.25, 0.3) is 5.91 Å². The van der Waals surface area contributed by atoms with Crippen LogP contribution in [0.25, 0.3) is 0 Å². The molecule has 2 atom stereocenters. The molecule has 2 unspecified atom stereocenters. The Hall–Kier alpha value is -3.40. The van der Waals surface area contributed by atoms with Crippen LogP contribution in [0.3, 0.4) is 0 Å². The molecule has 206 valence electrons. The van der Waals surface area contributed by atoms with Crippen molar-refractivity contribution < 1.29 is 14.7 Å². The predicted octanol–water partition coefficient (Wildman–Crippen LogP) is 8.58. The molecular formula is C34H47NO3. The van der Waals surface area contributed by atoms with Gasteiger partial charge < -0.3 is 10.4 Å². The van der Waals surface area contributed by atoms with E-state index in [9.17, 15) is 14.7 Å². The Bertz CT molecular complexity index is 981. The van der Waals surface area contributed by atoms with Crippen molar-refractivity contribution in [2.75, 3.05) is 0 Å². The van der Waals surface area contributed by atoms with E-state index in [0.29, 0.717) is 12.8 Å². The number of aromatic hydroxyl groups is 1. The number of ketones is 1. The van der Waals surface area contributed by atoms with E-state index in [2.05, 4.69) is 85.2 Å². The summed E-state index contributed by atoms with van der Waals surface area (Å²) in [4.78, 5) is 24.7. The van der Waals surface area contributed by atoms with Crippen molar-refractivity contribution in [3.8, 4) is 5.75 Å². The van der Waals surface area contributed by atoms with E-state index < -0.39 is 0 Å². The Balaban J connectivity index is 2.12. The van der Waals surface area contributed by atoms with Crippen molar-refractivity contribution in [2.24, 2.45) is 5.92 Å². The SMILES string of the molecule is CC/C=C\C/C=C\C/C=C\C/C=C\C/C=C\C/C=C\CCC(=O)CC(C)C(C)NC(=O)c1ccccc1O. The number of rotatable bonds is 19. The number of para-hydroxylation sites is 1. The van der Waals surface area contributed by atoms with Crippen LogP contribution in [0.2, 0.25) is 0 Å². The number of amides is 1. The fourth-order valence-corrected chi connectivity index (χ4v) is 3.61. The molecule has 1 rings (SSSR count). The minimum absolute atomic E-state index is 0.0163. The molecule has 0 spiro atoms. The van der Waals surface area contributed by atoms with Gasteiger partial charge in [-0.25, -0.2) is 0 Å². The number of Topliss-reactive ketones (excluding diaryl/α,β-unsaturated/α-hetero) is 1. The van der Waals surface area contributed by atoms with Crippen LogP contribution in [0, 0.1) is 5.92 Å². The summed E-state index contributed by atoms with van der Waals surface area (Å²) in [5.41, 5.74) is 0.246. The third-order valence-electron chi connectivity index (χ3n) is 6.10. The number of phenolic OH excluding ortho intramolecular Hbond substituents is 1. The molecule has 1 aromatic rings. The monoisotopic (exact) mass is 517 g/mol. The summed E-state index contributed by atoms with van der Waals surface area (Å²) in [5.74, 6) is -0.159. The minimum atomic E-state index is -0.326. The summed E-state index contributed by atoms with van der Waals surface area (Å²) in [5, 5.41) is 12.7. The van der Waals surface area contributed by atoms with Crippen LogP contribution < -0.4 is 5.32 Å². The number of phenols is 1. The molecule has 0 aliphatic rings. The fourth-order valence-electron chi connectivity index (χ4n) is 3.61. The van der Waals surface area contributed by atoms with E-state index in [1.807, 2.05) is 13.8 Å². The Morgan fingerprint density at radius 2 is 1.24 bits per heavy atom. The molecule has 0 aromatic heterocycles. The summed E-state index contributed by atoms with van der Waals surface area (Å²) in [7, 11) is 0. The average Bonchev–Trinajstić information content (AvgIpc) is 2.90. The number of nitrogens with one attached hydrogen (secondary N) is 1. The Labute approximate surface area is 230 Å². The zero-order valence-electron chi connectivity index (χ0n) is 23.5. The molecule has 0 heterocycles. The van der Waals surface area contributed by atoms with Gasteiger partial charge in [0.1, 0.15) is 11.5 Å². The number of carbonyl (C=O) groups is 2. The van der Waals surface area contributed by atoms with Gasteiger partial charge in [-0.15, -0.1) is 0 Å². The van der Waals surface area contributed by atoms with Gasteiger partial charge in [0.05, 0.1) is 5.56 Å². The number of carbonyl (C=O) groups excluding carboxylic acids is 2. The van der Waals surface area contributed by atoms with Gasteiger partial charge in [-0.2, -0.15) is 0 Å². The summed E-state index contributed by atoms with van der Waals surface area (Å²) in [6, 6.07) is 6.29. The van der Waals surface area contributed by atoms with Gasteiger partial charge in [0.2, 0.25) is 0 Å². The van der Waals surface area contributed by atoms with E-state index in [4.69, 9.17) is 0 Å². The van der Waals surface area contributed by atoms with E-state index in [0.717, 1.165) is 44.9 Å². The molecule has 0 aliphatic carbocycles. The molecule has 1 amide bonds. The highest BCUT2D eigenvalue weighted by Gasteiger charge is 2.19. The average molecular weight is 518 g/mol. The van der Waals surface area contributed by atoms with Gasteiger partial charge in [-0.3, -0.25) is 9.59 Å². The third kappa shape index (κ3) is 16.4. The summed E-state index contributed by atoms with van der Waals surface area (Å²) >= 11 is 0. The Morgan fingerprint density at radius 1 is 0.763 bits per heavy atom. The van der Waals surface area contributed by atoms with E-state index in [1.54, 1.807) is 18.2 Å². The second-order valence-electron chi connectivity index (χ2n) is 9.45. The van der Waals surface area contributed by atoms with Crippen molar-refractivity contribution in [3.63, 3.8) is 0 Å². The van der Waals surface area contributed by atoms with Crippen LogP contribution in [0.15, 0.2) is 97.2 Å². The lowest BCUT2D eigenvalue weighted by Gasteiger charge is -2.21. The first-order valence-corrected chi connectivity index (χ1v) is 14.0. The quantitative estimate of drug-likeness (QED) is 0.181. The fraction of sp³-hybridized carbons (Fsp3) is 0.412. The topological polar surface area (TPSA) is 66.4 Å². The zero-order valence-corrected chi connectivity index (χ0v) is 23.5. The van der Waals surface area contributed by atoms with Gasteiger partial charge >= 0.3 is 0 Å². The van der Waals surface area contributed by atoms with Crippen molar-refractivity contribution in [1.29, 1.82) is 0 Å². The van der Waals surface area contributed by atoms with Crippen molar-refractivity contribution >= 4 is 11.7 Å². The summed E-state index contributed by atoms with van der Waals surface area (Å²) in [6.45, 7) is 6.00. The first-order chi connectivity index (χ1) is 18.5. The van der Waals surface area contributed by atoms with Crippen molar-refractivity contribution in [1.82, 2.24) is 5.32 Å². The standard InChI is InChI=1S/C34H47NO3/c1-4-5-6-7-8-9-10-11-12-13-14-15-16-17-18-19-20-21-22-25-31(36)28-29(2)30(3)35-34(38)32-26-23-24-27-33(32)37/h5-6,8-9,11-12,14-15,17-18,20-21,23-24,26-27,29-30,37H,4,7,10,13,16,19,22,25,28H2,1-3H3,(H,35,38)/b6-5-,9-8-,12-11-,15-14-,18-17-,21-20-. The molecule has 0 aliphatic heterocycles. The molecule has 4 heteroatoms. The second-order valence-corrected chi connectivity index (χ2v) is 9.45. The van der Waals surface area contributed by atoms with Crippen molar-refractivity contribution in [3.05, 3.63) is 103 Å². The van der Waals surface area contributed by atoms with Crippen LogP contribution in [0.5, 0.6) is 5.75 Å². The highest BCUT2D eigenvalue weighted by Crippen LogP contribution is 2.17. The molecule has 0 fully saturated rings. The maximum atomic E-state index is 12.3. The third-order valence-corrected chi connectivity index (χ3v) is 6.10. The predicted molar refractivity (Wildman–Crippen MR) is 161 cm³/mol. The molecule has 0 saturated heterocycles. The number of hydrogen-bond acceptors (Lipinski definition) is 3. The van der Waals surface area contributed by atoms with Crippen LogP contribution in [-0.2, 0) is 4.79 Å². The largest absolute Gasteiger partial charge is 0.507 e. The molecule has 0 radical (unpaired) electrons. The maximum Gasteiger partial charge on any atom is 0.255 e. The minimum Gasteiger partial charge on any atom is -0.507 e. The van der Waals surface area contributed by atoms with Crippen LogP contribution >= 0.6 is 0 Å². The van der Waals surface area contributed by atoms with Crippen LogP contribution in [0.4, 0.5) is 0 Å². The van der Waals surface area contributed by atoms with Gasteiger partial charge in [0, 0.05) is 18.9 Å². The molecule has 4 nitrogen and oxygen atoms in total. The highest BCUT2D eigenvalue weighted by atomic mass is 16.3. The highest BCUT2D eigenvalue weighted by molar-refractivity contribution is 5.96. The number of allylic oxidation sites excluding steroid dienone is 12. The Kier molecular flexibility index (Phi) is 18.6. The smallest absolute Gasteiger partial charge is 0.255 e. The summed E-state index contributed by atoms with van der Waals surface area (Å²) < 4.78 is 0. The van der Waals surface area contributed by atoms with E-state index in [1.165, 1.54) is 6.07 Å². The van der Waals surface area contributed by atoms with E-state index in [-0.39, 0.29) is 35.0 Å². The molecular weight excluding hydrogens is 470 g/mol. The lowest BCUT2D eigenvalue weighted by molar-refractivity contribution is -0.120. The number of benzene rings is 1. The van der Waals surface area contributed by atoms with Gasteiger partial charge in [-0.05, 0) is 69.9 Å². The first-order valence-electron chi connectivity index (χ1n) is 14.0. The lowest BCUT2D eigenvalue weighted by Crippen LogP contribution is -2.37. The molecule has 38 heavy (non-hydrogen) atoms. The molecule has 0 bridgehead atoms. The van der Waals surface area contributed by atoms with Crippen LogP contribution in [-0.4, -0.2) is 22.8 Å². The first kappa shape index (κ1) is 32.6. The zero-order chi connectivity index (χ0) is 27.8. The maximum absolute atomic E-state index is 12.3. The molecule has 1 aromatic carbocycles. The van der Waals surface area contributed by atoms with Gasteiger partial charge in [0.15, 0.2) is 0 Å². The van der Waals surface area contributed by atoms with Crippen molar-refractivity contribution in [2.45, 2.75) is 84.6 Å².